The molecule has 0 saturated carbocycles. The highest BCUT2D eigenvalue weighted by molar-refractivity contribution is 7.87. The van der Waals surface area contributed by atoms with Gasteiger partial charge in [0.05, 0.1) is 5.92 Å². The molecule has 1 unspecified atom stereocenters. The third-order valence-corrected chi connectivity index (χ3v) is 5.45. The molecule has 1 saturated heterocycles. The lowest BCUT2D eigenvalue weighted by Gasteiger charge is -2.18. The number of hydrogen-bond donors (Lipinski definition) is 2. The Hall–Kier alpha value is -1.44. The van der Waals surface area contributed by atoms with Gasteiger partial charge in [-0.3, -0.25) is 4.79 Å². The Morgan fingerprint density at radius 3 is 2.41 bits per heavy atom. The smallest absolute Gasteiger partial charge is 0.308 e. The van der Waals surface area contributed by atoms with Crippen LogP contribution in [0.25, 0.3) is 0 Å². The molecule has 2 rings (SSSR count). The van der Waals surface area contributed by atoms with E-state index in [4.69, 9.17) is 0 Å². The first-order valence-corrected chi connectivity index (χ1v) is 8.85. The van der Waals surface area contributed by atoms with Gasteiger partial charge in [0, 0.05) is 19.6 Å². The standard InChI is InChI=1S/C15H22N2O4S/c1-12-4-6-13(7-5-12)10-14(15(18)19)11-16-22(20,21)17-8-2-3-9-17/h4-7,14,16H,2-3,8-11H2,1H3,(H,18,19). The van der Waals surface area contributed by atoms with Crippen molar-refractivity contribution in [3.63, 3.8) is 0 Å². The summed E-state index contributed by atoms with van der Waals surface area (Å²) in [6, 6.07) is 7.59. The molecule has 1 aromatic carbocycles. The van der Waals surface area contributed by atoms with Crippen molar-refractivity contribution in [1.29, 1.82) is 0 Å². The second-order valence-corrected chi connectivity index (χ2v) is 7.44. The molecule has 7 heteroatoms. The maximum absolute atomic E-state index is 12.1. The monoisotopic (exact) mass is 326 g/mol. The summed E-state index contributed by atoms with van der Waals surface area (Å²) >= 11 is 0. The Morgan fingerprint density at radius 1 is 1.27 bits per heavy atom. The summed E-state index contributed by atoms with van der Waals surface area (Å²) in [6.07, 6.45) is 2.01. The Labute approximate surface area is 131 Å². The topological polar surface area (TPSA) is 86.7 Å². The van der Waals surface area contributed by atoms with E-state index < -0.39 is 22.1 Å². The Morgan fingerprint density at radius 2 is 1.86 bits per heavy atom. The molecular formula is C15H22N2O4S. The Kier molecular flexibility index (Phi) is 5.55. The lowest BCUT2D eigenvalue weighted by molar-refractivity contribution is -0.141. The van der Waals surface area contributed by atoms with Crippen LogP contribution in [0.2, 0.25) is 0 Å². The largest absolute Gasteiger partial charge is 0.481 e. The second kappa shape index (κ2) is 7.21. The van der Waals surface area contributed by atoms with Crippen molar-refractivity contribution in [3.05, 3.63) is 35.4 Å². The van der Waals surface area contributed by atoms with Crippen molar-refractivity contribution in [1.82, 2.24) is 9.03 Å². The molecule has 1 aliphatic heterocycles. The van der Waals surface area contributed by atoms with Gasteiger partial charge in [-0.25, -0.2) is 4.72 Å². The number of carboxylic acid groups (broad SMARTS) is 1. The molecular weight excluding hydrogens is 304 g/mol. The van der Waals surface area contributed by atoms with Crippen LogP contribution in [-0.2, 0) is 21.4 Å². The highest BCUT2D eigenvalue weighted by atomic mass is 32.2. The highest BCUT2D eigenvalue weighted by Crippen LogP contribution is 2.13. The van der Waals surface area contributed by atoms with Gasteiger partial charge in [-0.15, -0.1) is 0 Å². The first-order chi connectivity index (χ1) is 10.4. The van der Waals surface area contributed by atoms with Gasteiger partial charge < -0.3 is 5.11 Å². The van der Waals surface area contributed by atoms with Crippen LogP contribution >= 0.6 is 0 Å². The quantitative estimate of drug-likeness (QED) is 0.787. The van der Waals surface area contributed by atoms with Crippen LogP contribution in [0.3, 0.4) is 0 Å². The van der Waals surface area contributed by atoms with E-state index >= 15 is 0 Å². The molecule has 122 valence electrons. The van der Waals surface area contributed by atoms with Gasteiger partial charge in [-0.05, 0) is 31.7 Å². The number of benzene rings is 1. The van der Waals surface area contributed by atoms with E-state index in [0.717, 1.165) is 24.0 Å². The van der Waals surface area contributed by atoms with Crippen LogP contribution in [0.1, 0.15) is 24.0 Å². The van der Waals surface area contributed by atoms with Crippen molar-refractivity contribution < 1.29 is 18.3 Å². The zero-order chi connectivity index (χ0) is 16.2. The van der Waals surface area contributed by atoms with E-state index in [9.17, 15) is 18.3 Å². The number of aliphatic carboxylic acids is 1. The normalized spacial score (nSPS) is 17.5. The van der Waals surface area contributed by atoms with Gasteiger partial charge in [-0.1, -0.05) is 29.8 Å². The van der Waals surface area contributed by atoms with Gasteiger partial charge >= 0.3 is 5.97 Å². The highest BCUT2D eigenvalue weighted by Gasteiger charge is 2.27. The van der Waals surface area contributed by atoms with E-state index in [1.165, 1.54) is 4.31 Å². The van der Waals surface area contributed by atoms with Crippen molar-refractivity contribution in [2.24, 2.45) is 5.92 Å². The molecule has 1 aromatic rings. The molecule has 0 radical (unpaired) electrons. The van der Waals surface area contributed by atoms with Gasteiger partial charge in [0.1, 0.15) is 0 Å². The maximum atomic E-state index is 12.1. The predicted molar refractivity (Wildman–Crippen MR) is 83.7 cm³/mol. The van der Waals surface area contributed by atoms with E-state index in [2.05, 4.69) is 4.72 Å². The summed E-state index contributed by atoms with van der Waals surface area (Å²) in [6.45, 7) is 2.88. The second-order valence-electron chi connectivity index (χ2n) is 5.68. The summed E-state index contributed by atoms with van der Waals surface area (Å²) < 4.78 is 28.0. The molecule has 0 aliphatic carbocycles. The Bertz CT molecular complexity index is 607. The molecule has 0 spiro atoms. The minimum Gasteiger partial charge on any atom is -0.481 e. The third-order valence-electron chi connectivity index (χ3n) is 3.87. The zero-order valence-electron chi connectivity index (χ0n) is 12.7. The first-order valence-electron chi connectivity index (χ1n) is 7.41. The van der Waals surface area contributed by atoms with Gasteiger partial charge in [0.2, 0.25) is 0 Å². The van der Waals surface area contributed by atoms with Crippen LogP contribution < -0.4 is 4.72 Å². The molecule has 0 bridgehead atoms. The van der Waals surface area contributed by atoms with Gasteiger partial charge in [-0.2, -0.15) is 12.7 Å². The minimum absolute atomic E-state index is 0.0952. The number of hydrogen-bond acceptors (Lipinski definition) is 3. The van der Waals surface area contributed by atoms with Crippen molar-refractivity contribution in [2.75, 3.05) is 19.6 Å². The molecule has 1 heterocycles. The molecule has 0 amide bonds. The number of carboxylic acids is 1. The van der Waals surface area contributed by atoms with Crippen LogP contribution in [0.15, 0.2) is 24.3 Å². The average Bonchev–Trinajstić information content (AvgIpc) is 3.00. The average molecular weight is 326 g/mol. The molecule has 6 nitrogen and oxygen atoms in total. The molecule has 2 N–H and O–H groups in total. The summed E-state index contributed by atoms with van der Waals surface area (Å²) in [7, 11) is -3.57. The first kappa shape index (κ1) is 16.9. The van der Waals surface area contributed by atoms with Crippen LogP contribution in [0.4, 0.5) is 0 Å². The maximum Gasteiger partial charge on any atom is 0.308 e. The van der Waals surface area contributed by atoms with Gasteiger partial charge in [0.25, 0.3) is 10.2 Å². The lowest BCUT2D eigenvalue weighted by atomic mass is 9.99. The van der Waals surface area contributed by atoms with E-state index in [-0.39, 0.29) is 6.54 Å². The fourth-order valence-corrected chi connectivity index (χ4v) is 3.81. The van der Waals surface area contributed by atoms with Crippen molar-refractivity contribution >= 4 is 16.2 Å². The summed E-state index contributed by atoms with van der Waals surface area (Å²) in [5, 5.41) is 9.30. The minimum atomic E-state index is -3.57. The van der Waals surface area contributed by atoms with Crippen LogP contribution in [-0.4, -0.2) is 43.4 Å². The zero-order valence-corrected chi connectivity index (χ0v) is 13.5. The SMILES string of the molecule is Cc1ccc(CC(CNS(=O)(=O)N2CCCC2)C(=O)O)cc1. The number of rotatable bonds is 7. The number of nitrogens with one attached hydrogen (secondary N) is 1. The van der Waals surface area contributed by atoms with Crippen molar-refractivity contribution in [3.8, 4) is 0 Å². The molecule has 1 aliphatic rings. The van der Waals surface area contributed by atoms with E-state index in [0.29, 0.717) is 19.5 Å². The number of aryl methyl sites for hydroxylation is 1. The van der Waals surface area contributed by atoms with Crippen LogP contribution in [0, 0.1) is 12.8 Å². The summed E-state index contributed by atoms with van der Waals surface area (Å²) in [5.41, 5.74) is 1.99. The fourth-order valence-electron chi connectivity index (χ4n) is 2.48. The molecule has 1 atom stereocenters. The number of nitrogens with zero attached hydrogens (tertiary/aromatic N) is 1. The molecule has 1 fully saturated rings. The van der Waals surface area contributed by atoms with E-state index in [1.807, 2.05) is 31.2 Å². The molecule has 0 aromatic heterocycles. The number of carbonyl (C=O) groups is 1. The predicted octanol–water partition coefficient (Wildman–Crippen LogP) is 1.17. The van der Waals surface area contributed by atoms with Crippen molar-refractivity contribution in [2.45, 2.75) is 26.2 Å². The van der Waals surface area contributed by atoms with Crippen LogP contribution in [0.5, 0.6) is 0 Å². The Balaban J connectivity index is 1.97. The fraction of sp³-hybridized carbons (Fsp3) is 0.533. The third kappa shape index (κ3) is 4.53. The molecule has 22 heavy (non-hydrogen) atoms. The summed E-state index contributed by atoms with van der Waals surface area (Å²) in [5.74, 6) is -1.77. The van der Waals surface area contributed by atoms with E-state index in [1.54, 1.807) is 0 Å². The van der Waals surface area contributed by atoms with Gasteiger partial charge in [0.15, 0.2) is 0 Å². The summed E-state index contributed by atoms with van der Waals surface area (Å²) in [4.78, 5) is 11.4. The lowest BCUT2D eigenvalue weighted by Crippen LogP contribution is -2.42.